The molecule has 3 aromatic rings. The second kappa shape index (κ2) is 9.41. The smallest absolute Gasteiger partial charge is 0.274 e. The lowest BCUT2D eigenvalue weighted by Gasteiger charge is -2.08. The maximum absolute atomic E-state index is 12.4. The molecule has 28 heavy (non-hydrogen) atoms. The van der Waals surface area contributed by atoms with Crippen LogP contribution in [-0.4, -0.2) is 28.2 Å². The van der Waals surface area contributed by atoms with E-state index in [9.17, 15) is 9.59 Å². The summed E-state index contributed by atoms with van der Waals surface area (Å²) in [5, 5.41) is 5.91. The Labute approximate surface area is 164 Å². The van der Waals surface area contributed by atoms with Crippen molar-refractivity contribution in [1.29, 1.82) is 0 Å². The third-order valence-electron chi connectivity index (χ3n) is 4.18. The minimum Gasteiger partial charge on any atom is -0.354 e. The van der Waals surface area contributed by atoms with Gasteiger partial charge in [0.1, 0.15) is 5.69 Å². The molecule has 1 heterocycles. The van der Waals surface area contributed by atoms with Gasteiger partial charge < -0.3 is 10.6 Å². The molecule has 0 aliphatic rings. The van der Waals surface area contributed by atoms with Crippen molar-refractivity contribution in [3.05, 3.63) is 83.7 Å². The van der Waals surface area contributed by atoms with Gasteiger partial charge in [0.05, 0.1) is 0 Å². The van der Waals surface area contributed by atoms with Gasteiger partial charge in [-0.25, -0.2) is 9.97 Å². The summed E-state index contributed by atoms with van der Waals surface area (Å²) >= 11 is 0. The quantitative estimate of drug-likeness (QED) is 0.460. The fourth-order valence-corrected chi connectivity index (χ4v) is 2.72. The molecule has 0 atom stereocenters. The van der Waals surface area contributed by atoms with Crippen LogP contribution in [0, 0.1) is 0 Å². The molecule has 0 unspecified atom stereocenters. The number of nitrogens with one attached hydrogen (secondary N) is 2. The summed E-state index contributed by atoms with van der Waals surface area (Å²) in [5.74, 6) is 0.00811. The van der Waals surface area contributed by atoms with Crippen LogP contribution in [0.3, 0.4) is 0 Å². The van der Waals surface area contributed by atoms with Gasteiger partial charge in [-0.2, -0.15) is 0 Å². The Kier molecular flexibility index (Phi) is 6.46. The van der Waals surface area contributed by atoms with Gasteiger partial charge in [0.25, 0.3) is 5.91 Å². The second-order valence-corrected chi connectivity index (χ2v) is 6.37. The van der Waals surface area contributed by atoms with E-state index in [0.29, 0.717) is 23.7 Å². The van der Waals surface area contributed by atoms with Crippen molar-refractivity contribution in [3.63, 3.8) is 0 Å². The van der Waals surface area contributed by atoms with Crippen LogP contribution in [0.1, 0.15) is 39.8 Å². The van der Waals surface area contributed by atoms with Crippen LogP contribution in [0.15, 0.2) is 66.9 Å². The lowest BCUT2D eigenvalue weighted by Crippen LogP contribution is -2.16. The Hall–Kier alpha value is -3.54. The fourth-order valence-electron chi connectivity index (χ4n) is 2.72. The van der Waals surface area contributed by atoms with E-state index in [0.717, 1.165) is 12.8 Å². The monoisotopic (exact) mass is 374 g/mol. The first-order chi connectivity index (χ1) is 13.6. The number of hydrogen-bond acceptors (Lipinski definition) is 5. The Balaban J connectivity index is 1.55. The largest absolute Gasteiger partial charge is 0.354 e. The van der Waals surface area contributed by atoms with Gasteiger partial charge >= 0.3 is 0 Å². The van der Waals surface area contributed by atoms with Crippen molar-refractivity contribution >= 4 is 23.3 Å². The average molecular weight is 374 g/mol. The number of ketones is 1. The first kappa shape index (κ1) is 19.2. The number of anilines is 2. The van der Waals surface area contributed by atoms with Gasteiger partial charge in [-0.05, 0) is 43.5 Å². The Morgan fingerprint density at radius 3 is 2.61 bits per heavy atom. The van der Waals surface area contributed by atoms with E-state index >= 15 is 0 Å². The minimum absolute atomic E-state index is 0.0554. The van der Waals surface area contributed by atoms with Crippen molar-refractivity contribution in [3.8, 4) is 0 Å². The second-order valence-electron chi connectivity index (χ2n) is 6.37. The molecule has 0 fully saturated rings. The van der Waals surface area contributed by atoms with Crippen LogP contribution in [0.5, 0.6) is 0 Å². The number of hydrogen-bond donors (Lipinski definition) is 2. The highest BCUT2D eigenvalue weighted by Crippen LogP contribution is 2.13. The number of rotatable bonds is 8. The van der Waals surface area contributed by atoms with Crippen LogP contribution in [0.25, 0.3) is 0 Å². The molecule has 6 nitrogen and oxygen atoms in total. The lowest BCUT2D eigenvalue weighted by molar-refractivity contribution is 0.100. The first-order valence-electron chi connectivity index (χ1n) is 9.15. The molecule has 0 saturated carbocycles. The van der Waals surface area contributed by atoms with Crippen LogP contribution >= 0.6 is 0 Å². The van der Waals surface area contributed by atoms with Crippen molar-refractivity contribution in [1.82, 2.24) is 9.97 Å². The number of carbonyl (C=O) groups excluding carboxylic acids is 2. The normalized spacial score (nSPS) is 10.3. The number of benzene rings is 2. The molecule has 0 bridgehead atoms. The number of aromatic nitrogens is 2. The molecule has 6 heteroatoms. The van der Waals surface area contributed by atoms with Gasteiger partial charge in [0.2, 0.25) is 5.95 Å². The number of aryl methyl sites for hydroxylation is 1. The number of carbonyl (C=O) groups is 2. The predicted molar refractivity (Wildman–Crippen MR) is 110 cm³/mol. The Bertz CT molecular complexity index is 958. The van der Waals surface area contributed by atoms with Crippen LogP contribution in [0.2, 0.25) is 0 Å². The number of Topliss-reactive ketones (excluding diaryl/α,β-unsaturated/α-hetero) is 1. The zero-order valence-electron chi connectivity index (χ0n) is 15.7. The van der Waals surface area contributed by atoms with E-state index in [2.05, 4.69) is 32.7 Å². The number of amides is 1. The Morgan fingerprint density at radius 2 is 1.82 bits per heavy atom. The maximum atomic E-state index is 12.4. The molecule has 0 saturated heterocycles. The highest BCUT2D eigenvalue weighted by atomic mass is 16.2. The topological polar surface area (TPSA) is 84.0 Å². The zero-order valence-corrected chi connectivity index (χ0v) is 15.7. The van der Waals surface area contributed by atoms with Gasteiger partial charge in [0, 0.05) is 24.0 Å². The Morgan fingerprint density at radius 1 is 1.00 bits per heavy atom. The summed E-state index contributed by atoms with van der Waals surface area (Å²) in [6.45, 7) is 2.20. The highest BCUT2D eigenvalue weighted by Gasteiger charge is 2.10. The first-order valence-corrected chi connectivity index (χ1v) is 9.15. The molecule has 0 radical (unpaired) electrons. The average Bonchev–Trinajstić information content (AvgIpc) is 2.72. The zero-order chi connectivity index (χ0) is 19.8. The van der Waals surface area contributed by atoms with Gasteiger partial charge in [-0.1, -0.05) is 42.5 Å². The third-order valence-corrected chi connectivity index (χ3v) is 4.18. The summed E-state index contributed by atoms with van der Waals surface area (Å²) in [7, 11) is 0. The molecular weight excluding hydrogens is 352 g/mol. The van der Waals surface area contributed by atoms with E-state index < -0.39 is 0 Å². The van der Waals surface area contributed by atoms with E-state index in [1.807, 2.05) is 18.2 Å². The highest BCUT2D eigenvalue weighted by molar-refractivity contribution is 6.04. The van der Waals surface area contributed by atoms with Crippen molar-refractivity contribution in [2.24, 2.45) is 0 Å². The molecule has 2 aromatic carbocycles. The fraction of sp³-hybridized carbons (Fsp3) is 0.182. The van der Waals surface area contributed by atoms with Crippen molar-refractivity contribution in [2.75, 3.05) is 17.2 Å². The van der Waals surface area contributed by atoms with Gasteiger partial charge in [0.15, 0.2) is 5.78 Å². The SMILES string of the molecule is CC(=O)c1cccc(NC(=O)c2ccnc(NCCCc3ccccc3)n2)c1. The summed E-state index contributed by atoms with van der Waals surface area (Å²) in [5.41, 5.74) is 2.63. The van der Waals surface area contributed by atoms with Crippen molar-refractivity contribution in [2.45, 2.75) is 19.8 Å². The van der Waals surface area contributed by atoms with Crippen molar-refractivity contribution < 1.29 is 9.59 Å². The lowest BCUT2D eigenvalue weighted by atomic mass is 10.1. The molecule has 3 rings (SSSR count). The van der Waals surface area contributed by atoms with E-state index in [1.54, 1.807) is 36.5 Å². The molecule has 2 N–H and O–H groups in total. The van der Waals surface area contributed by atoms with E-state index in [-0.39, 0.29) is 17.4 Å². The predicted octanol–water partition coefficient (Wildman–Crippen LogP) is 3.98. The molecule has 1 aromatic heterocycles. The molecular formula is C22H22N4O2. The number of nitrogens with zero attached hydrogens (tertiary/aromatic N) is 2. The minimum atomic E-state index is -0.351. The maximum Gasteiger partial charge on any atom is 0.274 e. The molecule has 1 amide bonds. The summed E-state index contributed by atoms with van der Waals surface area (Å²) in [4.78, 5) is 32.4. The molecule has 0 aliphatic carbocycles. The van der Waals surface area contributed by atoms with Crippen LogP contribution < -0.4 is 10.6 Å². The van der Waals surface area contributed by atoms with Gasteiger partial charge in [-0.15, -0.1) is 0 Å². The van der Waals surface area contributed by atoms with Gasteiger partial charge in [-0.3, -0.25) is 9.59 Å². The third kappa shape index (κ3) is 5.48. The standard InChI is InChI=1S/C22H22N4O2/c1-16(27)18-10-5-11-19(15-18)25-21(28)20-12-14-24-22(26-20)23-13-6-9-17-7-3-2-4-8-17/h2-5,7-8,10-12,14-15H,6,9,13H2,1H3,(H,25,28)(H,23,24,26). The summed E-state index contributed by atoms with van der Waals surface area (Å²) < 4.78 is 0. The summed E-state index contributed by atoms with van der Waals surface area (Å²) in [6, 6.07) is 18.6. The molecule has 142 valence electrons. The van der Waals surface area contributed by atoms with E-state index in [4.69, 9.17) is 0 Å². The summed E-state index contributed by atoms with van der Waals surface area (Å²) in [6.07, 6.45) is 3.44. The molecule has 0 spiro atoms. The van der Waals surface area contributed by atoms with Crippen LogP contribution in [0.4, 0.5) is 11.6 Å². The van der Waals surface area contributed by atoms with Crippen LogP contribution in [-0.2, 0) is 6.42 Å². The molecule has 0 aliphatic heterocycles. The van der Waals surface area contributed by atoms with E-state index in [1.165, 1.54) is 12.5 Å².